The molecule has 0 aromatic heterocycles. The first-order chi connectivity index (χ1) is 17.1. The maximum Gasteiger partial charge on any atom is 0.242 e. The van der Waals surface area contributed by atoms with Crippen molar-refractivity contribution < 1.29 is 22.7 Å². The largest absolute Gasteiger partial charge is 0.497 e. The van der Waals surface area contributed by atoms with Crippen LogP contribution in [0.1, 0.15) is 50.7 Å². The zero-order valence-corrected chi connectivity index (χ0v) is 22.8. The molecule has 0 saturated carbocycles. The Bertz CT molecular complexity index is 1120. The fraction of sp³-hybridized carbons (Fsp3) is 0.481. The first kappa shape index (κ1) is 29.2. The Morgan fingerprint density at radius 3 is 2.42 bits per heavy atom. The topological polar surface area (TPSA) is 96.0 Å². The van der Waals surface area contributed by atoms with E-state index in [1.54, 1.807) is 29.2 Å². The Kier molecular flexibility index (Phi) is 11.2. The Hall–Kier alpha value is -3.07. The van der Waals surface area contributed by atoms with Gasteiger partial charge in [0.1, 0.15) is 11.8 Å². The molecule has 0 spiro atoms. The molecule has 0 saturated heterocycles. The second kappa shape index (κ2) is 13.9. The lowest BCUT2D eigenvalue weighted by molar-refractivity contribution is -0.141. The number of hydrogen-bond acceptors (Lipinski definition) is 5. The van der Waals surface area contributed by atoms with Crippen molar-refractivity contribution in [2.45, 2.75) is 59.0 Å². The Labute approximate surface area is 215 Å². The quantitative estimate of drug-likeness (QED) is 0.410. The van der Waals surface area contributed by atoms with Crippen LogP contribution < -0.4 is 14.4 Å². The molecular weight excluding hydrogens is 478 g/mol. The van der Waals surface area contributed by atoms with Crippen molar-refractivity contribution in [3.63, 3.8) is 0 Å². The molecule has 0 aliphatic carbocycles. The molecular formula is C27H39N3O5S. The van der Waals surface area contributed by atoms with E-state index in [0.717, 1.165) is 23.8 Å². The molecule has 0 fully saturated rings. The monoisotopic (exact) mass is 517 g/mol. The van der Waals surface area contributed by atoms with E-state index in [4.69, 9.17) is 4.74 Å². The van der Waals surface area contributed by atoms with Crippen molar-refractivity contribution in [3.05, 3.63) is 59.7 Å². The summed E-state index contributed by atoms with van der Waals surface area (Å²) in [5.74, 6) is 0.191. The van der Waals surface area contributed by atoms with Gasteiger partial charge in [0, 0.05) is 32.1 Å². The van der Waals surface area contributed by atoms with Crippen molar-refractivity contribution in [1.29, 1.82) is 0 Å². The molecule has 2 aromatic carbocycles. The fourth-order valence-corrected chi connectivity index (χ4v) is 4.98. The van der Waals surface area contributed by atoms with Crippen LogP contribution in [-0.2, 0) is 26.2 Å². The van der Waals surface area contributed by atoms with Crippen molar-refractivity contribution >= 4 is 27.5 Å². The van der Waals surface area contributed by atoms with Gasteiger partial charge in [-0.15, -0.1) is 0 Å². The van der Waals surface area contributed by atoms with E-state index >= 15 is 0 Å². The van der Waals surface area contributed by atoms with Crippen LogP contribution in [0.5, 0.6) is 5.75 Å². The van der Waals surface area contributed by atoms with E-state index < -0.39 is 16.1 Å². The average Bonchev–Trinajstić information content (AvgIpc) is 2.85. The lowest BCUT2D eigenvalue weighted by Gasteiger charge is -2.31. The average molecular weight is 518 g/mol. The van der Waals surface area contributed by atoms with E-state index in [9.17, 15) is 18.0 Å². The summed E-state index contributed by atoms with van der Waals surface area (Å²) < 4.78 is 31.5. The lowest BCUT2D eigenvalue weighted by Crippen LogP contribution is -2.49. The predicted molar refractivity (Wildman–Crippen MR) is 144 cm³/mol. The minimum Gasteiger partial charge on any atom is -0.497 e. The molecule has 0 unspecified atom stereocenters. The highest BCUT2D eigenvalue weighted by Gasteiger charge is 2.29. The number of carbonyl (C=O) groups excluding carboxylic acids is 2. The molecule has 0 aliphatic heterocycles. The number of nitrogens with one attached hydrogen (secondary N) is 1. The highest BCUT2D eigenvalue weighted by atomic mass is 32.2. The van der Waals surface area contributed by atoms with Gasteiger partial charge in [-0.3, -0.25) is 13.9 Å². The maximum absolute atomic E-state index is 13.5. The minimum absolute atomic E-state index is 0.111. The summed E-state index contributed by atoms with van der Waals surface area (Å²) in [7, 11) is -2.05. The van der Waals surface area contributed by atoms with Crippen LogP contribution in [0.25, 0.3) is 0 Å². The van der Waals surface area contributed by atoms with Gasteiger partial charge in [0.15, 0.2) is 0 Å². The van der Waals surface area contributed by atoms with Gasteiger partial charge >= 0.3 is 0 Å². The molecule has 36 heavy (non-hydrogen) atoms. The Balaban J connectivity index is 2.22. The molecule has 0 bridgehead atoms. The highest BCUT2D eigenvalue weighted by molar-refractivity contribution is 7.92. The van der Waals surface area contributed by atoms with Gasteiger partial charge in [-0.25, -0.2) is 8.42 Å². The normalized spacial score (nSPS) is 12.0. The maximum atomic E-state index is 13.5. The summed E-state index contributed by atoms with van der Waals surface area (Å²) in [5.41, 5.74) is 2.49. The van der Waals surface area contributed by atoms with Crippen LogP contribution >= 0.6 is 0 Å². The van der Waals surface area contributed by atoms with Crippen LogP contribution in [0.4, 0.5) is 5.69 Å². The number of amides is 2. The van der Waals surface area contributed by atoms with Gasteiger partial charge in [0.25, 0.3) is 0 Å². The minimum atomic E-state index is -3.57. The van der Waals surface area contributed by atoms with Gasteiger partial charge in [-0.2, -0.15) is 0 Å². The summed E-state index contributed by atoms with van der Waals surface area (Å²) >= 11 is 0. The van der Waals surface area contributed by atoms with E-state index in [-0.39, 0.29) is 24.8 Å². The van der Waals surface area contributed by atoms with Crippen LogP contribution in [0.3, 0.4) is 0 Å². The van der Waals surface area contributed by atoms with Crippen molar-refractivity contribution in [3.8, 4) is 5.75 Å². The standard InChI is InChI=1S/C27H39N3O5S/c1-6-17-28-27(32)25(7-2)29(20-22-13-9-8-12-21(22)3)26(31)16-11-18-30(36(5,33)34)23-14-10-15-24(19-23)35-4/h8-10,12-15,19,25H,6-7,11,16-18,20H2,1-5H3,(H,28,32)/t25-/m1/s1. The number of carbonyl (C=O) groups is 2. The SMILES string of the molecule is CCCNC(=O)[C@@H](CC)N(Cc1ccccc1C)C(=O)CCCN(c1cccc(OC)c1)S(C)(=O)=O. The van der Waals surface area contributed by atoms with Crippen molar-refractivity contribution in [2.75, 3.05) is 30.8 Å². The predicted octanol–water partition coefficient (Wildman–Crippen LogP) is 3.88. The molecule has 2 aromatic rings. The third kappa shape index (κ3) is 8.26. The molecule has 0 radical (unpaired) electrons. The first-order valence-electron chi connectivity index (χ1n) is 12.4. The first-order valence-corrected chi connectivity index (χ1v) is 14.2. The Morgan fingerprint density at radius 2 is 1.81 bits per heavy atom. The molecule has 2 rings (SSSR count). The molecule has 1 N–H and O–H groups in total. The van der Waals surface area contributed by atoms with Crippen LogP contribution in [-0.4, -0.2) is 57.6 Å². The number of hydrogen-bond donors (Lipinski definition) is 1. The third-order valence-electron chi connectivity index (χ3n) is 6.03. The van der Waals surface area contributed by atoms with Crippen LogP contribution in [0, 0.1) is 6.92 Å². The summed E-state index contributed by atoms with van der Waals surface area (Å²) in [5, 5.41) is 2.91. The van der Waals surface area contributed by atoms with Gasteiger partial charge in [0.2, 0.25) is 21.8 Å². The molecule has 0 aliphatic rings. The van der Waals surface area contributed by atoms with Gasteiger partial charge in [-0.1, -0.05) is 44.2 Å². The molecule has 9 heteroatoms. The third-order valence-corrected chi connectivity index (χ3v) is 7.22. The molecule has 198 valence electrons. The van der Waals surface area contributed by atoms with E-state index in [1.807, 2.05) is 45.0 Å². The van der Waals surface area contributed by atoms with E-state index in [0.29, 0.717) is 37.4 Å². The number of sulfonamides is 1. The number of aryl methyl sites for hydroxylation is 1. The number of rotatable bonds is 14. The van der Waals surface area contributed by atoms with Crippen molar-refractivity contribution in [1.82, 2.24) is 10.2 Å². The zero-order valence-electron chi connectivity index (χ0n) is 22.0. The Morgan fingerprint density at radius 1 is 1.08 bits per heavy atom. The zero-order chi connectivity index (χ0) is 26.7. The number of anilines is 1. The second-order valence-corrected chi connectivity index (χ2v) is 10.7. The van der Waals surface area contributed by atoms with E-state index in [2.05, 4.69) is 5.32 Å². The fourth-order valence-electron chi connectivity index (χ4n) is 4.03. The number of benzene rings is 2. The number of methoxy groups -OCH3 is 1. The van der Waals surface area contributed by atoms with E-state index in [1.165, 1.54) is 11.4 Å². The molecule has 1 atom stereocenters. The summed E-state index contributed by atoms with van der Waals surface area (Å²) in [6, 6.07) is 14.0. The lowest BCUT2D eigenvalue weighted by atomic mass is 10.1. The van der Waals surface area contributed by atoms with Crippen LogP contribution in [0.15, 0.2) is 48.5 Å². The second-order valence-electron chi connectivity index (χ2n) is 8.80. The molecule has 0 heterocycles. The van der Waals surface area contributed by atoms with Gasteiger partial charge in [-0.05, 0) is 49.4 Å². The highest BCUT2D eigenvalue weighted by Crippen LogP contribution is 2.24. The van der Waals surface area contributed by atoms with Gasteiger partial charge < -0.3 is 15.0 Å². The molecule has 8 nitrogen and oxygen atoms in total. The molecule has 2 amide bonds. The summed E-state index contributed by atoms with van der Waals surface area (Å²) in [4.78, 5) is 28.0. The number of ether oxygens (including phenoxy) is 1. The van der Waals surface area contributed by atoms with Gasteiger partial charge in [0.05, 0.1) is 19.1 Å². The number of nitrogens with zero attached hydrogens (tertiary/aromatic N) is 2. The van der Waals surface area contributed by atoms with Crippen LogP contribution in [0.2, 0.25) is 0 Å². The van der Waals surface area contributed by atoms with Crippen molar-refractivity contribution in [2.24, 2.45) is 0 Å². The summed E-state index contributed by atoms with van der Waals surface area (Å²) in [6.45, 7) is 6.85. The smallest absolute Gasteiger partial charge is 0.242 e. The summed E-state index contributed by atoms with van der Waals surface area (Å²) in [6.07, 6.45) is 2.84.